The van der Waals surface area contributed by atoms with E-state index in [9.17, 15) is 4.79 Å². The molecule has 13 heavy (non-hydrogen) atoms. The van der Waals surface area contributed by atoms with Crippen LogP contribution in [0.2, 0.25) is 0 Å². The van der Waals surface area contributed by atoms with Crippen LogP contribution in [0.15, 0.2) is 0 Å². The molecule has 1 aliphatic rings. The van der Waals surface area contributed by atoms with E-state index in [1.165, 1.54) is 0 Å². The van der Waals surface area contributed by atoms with Crippen LogP contribution in [0.3, 0.4) is 0 Å². The average Bonchev–Trinajstić information content (AvgIpc) is 2.19. The average molecular weight is 189 g/mol. The number of hydrogen-bond acceptors (Lipinski definition) is 4. The summed E-state index contributed by atoms with van der Waals surface area (Å²) >= 11 is 0. The lowest BCUT2D eigenvalue weighted by Gasteiger charge is -2.21. The zero-order valence-corrected chi connectivity index (χ0v) is 7.75. The summed E-state index contributed by atoms with van der Waals surface area (Å²) in [7, 11) is 1.60. The van der Waals surface area contributed by atoms with E-state index in [1.807, 2.05) is 0 Å². The molecule has 0 aromatic carbocycles. The second kappa shape index (κ2) is 5.90. The van der Waals surface area contributed by atoms with Crippen molar-refractivity contribution >= 4 is 5.91 Å². The van der Waals surface area contributed by atoms with Crippen LogP contribution < -0.4 is 5.32 Å². The van der Waals surface area contributed by atoms with E-state index in [0.29, 0.717) is 33.2 Å². The predicted molar refractivity (Wildman–Crippen MR) is 45.1 cm³/mol. The predicted octanol–water partition coefficient (Wildman–Crippen LogP) is -0.630. The Morgan fingerprint density at radius 1 is 1.54 bits per heavy atom. The van der Waals surface area contributed by atoms with Gasteiger partial charge in [-0.2, -0.15) is 0 Å². The molecule has 1 N–H and O–H groups in total. The van der Waals surface area contributed by atoms with Crippen LogP contribution in [0.1, 0.15) is 0 Å². The van der Waals surface area contributed by atoms with Gasteiger partial charge in [0.2, 0.25) is 5.91 Å². The van der Waals surface area contributed by atoms with E-state index in [0.717, 1.165) is 0 Å². The molecule has 5 heteroatoms. The molecule has 1 aliphatic heterocycles. The summed E-state index contributed by atoms with van der Waals surface area (Å²) < 4.78 is 14.8. The molecule has 1 saturated heterocycles. The number of carbonyl (C=O) groups is 1. The Balaban J connectivity index is 2.13. The number of amides is 1. The van der Waals surface area contributed by atoms with Crippen LogP contribution in [-0.4, -0.2) is 46.2 Å². The van der Waals surface area contributed by atoms with Crippen LogP contribution in [-0.2, 0) is 19.0 Å². The van der Waals surface area contributed by atoms with Gasteiger partial charge < -0.3 is 19.5 Å². The summed E-state index contributed by atoms with van der Waals surface area (Å²) in [6, 6.07) is 0. The zero-order valence-electron chi connectivity index (χ0n) is 7.75. The smallest absolute Gasteiger partial charge is 0.227 e. The van der Waals surface area contributed by atoms with Crippen LogP contribution in [0.25, 0.3) is 0 Å². The van der Waals surface area contributed by atoms with E-state index in [-0.39, 0.29) is 11.8 Å². The third kappa shape index (κ3) is 3.71. The summed E-state index contributed by atoms with van der Waals surface area (Å²) in [6.45, 7) is 2.24. The summed E-state index contributed by atoms with van der Waals surface area (Å²) in [6.07, 6.45) is 0. The molecule has 1 heterocycles. The van der Waals surface area contributed by atoms with E-state index in [2.05, 4.69) is 5.32 Å². The molecule has 0 aromatic heterocycles. The van der Waals surface area contributed by atoms with Crippen molar-refractivity contribution in [2.75, 3.05) is 40.3 Å². The second-order valence-corrected chi connectivity index (χ2v) is 2.84. The van der Waals surface area contributed by atoms with Gasteiger partial charge in [-0.25, -0.2) is 0 Å². The lowest BCUT2D eigenvalue weighted by Crippen LogP contribution is -2.40. The first-order valence-electron chi connectivity index (χ1n) is 4.26. The Morgan fingerprint density at radius 2 is 2.23 bits per heavy atom. The minimum Gasteiger partial charge on any atom is -0.383 e. The number of hydrogen-bond donors (Lipinski definition) is 1. The molecular weight excluding hydrogens is 174 g/mol. The molecule has 0 aromatic rings. The fourth-order valence-corrected chi connectivity index (χ4v) is 1.06. The molecule has 1 fully saturated rings. The van der Waals surface area contributed by atoms with Crippen molar-refractivity contribution < 1.29 is 19.0 Å². The molecule has 76 valence electrons. The van der Waals surface area contributed by atoms with Crippen molar-refractivity contribution in [3.63, 3.8) is 0 Å². The Bertz CT molecular complexity index is 156. The quantitative estimate of drug-likeness (QED) is 0.598. The molecule has 0 aliphatic carbocycles. The molecule has 0 unspecified atom stereocenters. The first-order chi connectivity index (χ1) is 6.34. The monoisotopic (exact) mass is 189 g/mol. The first kappa shape index (κ1) is 10.4. The minimum absolute atomic E-state index is 0.0308. The standard InChI is InChI=1S/C8H15NO4/c1-11-3-2-9-8(10)7-4-12-6-13-5-7/h7H,2-6H2,1H3,(H,9,10). The number of ether oxygens (including phenoxy) is 3. The summed E-state index contributed by atoms with van der Waals surface area (Å²) in [4.78, 5) is 11.3. The van der Waals surface area contributed by atoms with Crippen molar-refractivity contribution in [2.45, 2.75) is 0 Å². The normalized spacial score (nSPS) is 18.5. The summed E-state index contributed by atoms with van der Waals surface area (Å²) in [5, 5.41) is 2.73. The highest BCUT2D eigenvalue weighted by atomic mass is 16.7. The van der Waals surface area contributed by atoms with Crippen LogP contribution in [0, 0.1) is 5.92 Å². The van der Waals surface area contributed by atoms with Gasteiger partial charge in [0.25, 0.3) is 0 Å². The molecule has 0 saturated carbocycles. The fourth-order valence-electron chi connectivity index (χ4n) is 1.06. The van der Waals surface area contributed by atoms with E-state index >= 15 is 0 Å². The highest BCUT2D eigenvalue weighted by Gasteiger charge is 2.21. The van der Waals surface area contributed by atoms with Crippen molar-refractivity contribution in [3.05, 3.63) is 0 Å². The van der Waals surface area contributed by atoms with Crippen molar-refractivity contribution in [2.24, 2.45) is 5.92 Å². The molecule has 0 spiro atoms. The lowest BCUT2D eigenvalue weighted by molar-refractivity contribution is -0.151. The van der Waals surface area contributed by atoms with Gasteiger partial charge >= 0.3 is 0 Å². The van der Waals surface area contributed by atoms with Gasteiger partial charge in [-0.3, -0.25) is 4.79 Å². The van der Waals surface area contributed by atoms with E-state index in [1.54, 1.807) is 7.11 Å². The molecule has 1 amide bonds. The first-order valence-corrected chi connectivity index (χ1v) is 4.26. The highest BCUT2D eigenvalue weighted by Crippen LogP contribution is 2.04. The van der Waals surface area contributed by atoms with Gasteiger partial charge in [-0.15, -0.1) is 0 Å². The maximum Gasteiger partial charge on any atom is 0.227 e. The van der Waals surface area contributed by atoms with Gasteiger partial charge in [0.1, 0.15) is 6.79 Å². The number of rotatable bonds is 4. The topological polar surface area (TPSA) is 56.8 Å². The molecule has 0 bridgehead atoms. The Morgan fingerprint density at radius 3 is 2.85 bits per heavy atom. The minimum atomic E-state index is -0.175. The Labute approximate surface area is 77.3 Å². The van der Waals surface area contributed by atoms with E-state index < -0.39 is 0 Å². The third-order valence-corrected chi connectivity index (χ3v) is 1.78. The maximum atomic E-state index is 11.3. The van der Waals surface area contributed by atoms with Crippen molar-refractivity contribution in [1.82, 2.24) is 5.32 Å². The number of methoxy groups -OCH3 is 1. The van der Waals surface area contributed by atoms with Gasteiger partial charge in [-0.1, -0.05) is 0 Å². The molecule has 1 rings (SSSR count). The highest BCUT2D eigenvalue weighted by molar-refractivity contribution is 5.78. The van der Waals surface area contributed by atoms with Gasteiger partial charge in [0.05, 0.1) is 25.7 Å². The summed E-state index contributed by atoms with van der Waals surface area (Å²) in [5.41, 5.74) is 0. The van der Waals surface area contributed by atoms with Crippen molar-refractivity contribution in [3.8, 4) is 0 Å². The number of nitrogens with one attached hydrogen (secondary N) is 1. The molecule has 0 atom stereocenters. The van der Waals surface area contributed by atoms with Gasteiger partial charge in [0.15, 0.2) is 0 Å². The Kier molecular flexibility index (Phi) is 4.74. The third-order valence-electron chi connectivity index (χ3n) is 1.78. The van der Waals surface area contributed by atoms with Crippen LogP contribution in [0.4, 0.5) is 0 Å². The molecular formula is C8H15NO4. The molecule has 5 nitrogen and oxygen atoms in total. The Hall–Kier alpha value is -0.650. The summed E-state index contributed by atoms with van der Waals surface area (Å²) in [5.74, 6) is -0.206. The van der Waals surface area contributed by atoms with E-state index in [4.69, 9.17) is 14.2 Å². The largest absolute Gasteiger partial charge is 0.383 e. The fraction of sp³-hybridized carbons (Fsp3) is 0.875. The van der Waals surface area contributed by atoms with Crippen LogP contribution >= 0.6 is 0 Å². The van der Waals surface area contributed by atoms with Gasteiger partial charge in [0, 0.05) is 13.7 Å². The van der Waals surface area contributed by atoms with Crippen LogP contribution in [0.5, 0.6) is 0 Å². The molecule has 0 radical (unpaired) electrons. The lowest BCUT2D eigenvalue weighted by atomic mass is 10.1. The second-order valence-electron chi connectivity index (χ2n) is 2.84. The maximum absolute atomic E-state index is 11.3. The number of carbonyl (C=O) groups excluding carboxylic acids is 1. The van der Waals surface area contributed by atoms with Crippen molar-refractivity contribution in [1.29, 1.82) is 0 Å². The van der Waals surface area contributed by atoms with Gasteiger partial charge in [-0.05, 0) is 0 Å². The zero-order chi connectivity index (χ0) is 9.52. The SMILES string of the molecule is COCCNC(=O)C1COCOC1.